The van der Waals surface area contributed by atoms with E-state index < -0.39 is 0 Å². The Bertz CT molecular complexity index is 189. The maximum Gasteiger partial charge on any atom is 0.239 e. The van der Waals surface area contributed by atoms with Gasteiger partial charge < -0.3 is 16.0 Å². The summed E-state index contributed by atoms with van der Waals surface area (Å²) in [5.41, 5.74) is 0. The Hall–Kier alpha value is -1.10. The number of nitrogens with one attached hydrogen (secondary N) is 3. The zero-order valence-electron chi connectivity index (χ0n) is 7.02. The van der Waals surface area contributed by atoms with Crippen molar-refractivity contribution in [1.82, 2.24) is 16.0 Å². The Morgan fingerprint density at radius 2 is 2.17 bits per heavy atom. The Kier molecular flexibility index (Phi) is 3.04. The molecule has 0 bridgehead atoms. The molecule has 0 aromatic carbocycles. The van der Waals surface area contributed by atoms with E-state index in [4.69, 9.17) is 0 Å². The first-order valence-electron chi connectivity index (χ1n) is 3.93. The summed E-state index contributed by atoms with van der Waals surface area (Å²) in [6.45, 7) is 3.11. The molecule has 5 nitrogen and oxygen atoms in total. The van der Waals surface area contributed by atoms with Gasteiger partial charge >= 0.3 is 0 Å². The normalized spacial score (nSPS) is 16.4. The van der Waals surface area contributed by atoms with Gasteiger partial charge in [0, 0.05) is 20.0 Å². The number of carbonyl (C=O) groups excluding carboxylic acids is 2. The maximum atomic E-state index is 11.0. The predicted molar refractivity (Wildman–Crippen MR) is 43.5 cm³/mol. The summed E-state index contributed by atoms with van der Waals surface area (Å²) in [5.74, 6) is -0.311. The lowest BCUT2D eigenvalue weighted by Crippen LogP contribution is -2.58. The Morgan fingerprint density at radius 3 is 2.58 bits per heavy atom. The minimum Gasteiger partial charge on any atom is -0.349 e. The average Bonchev–Trinajstić information content (AvgIpc) is 1.93. The van der Waals surface area contributed by atoms with Gasteiger partial charge in [-0.25, -0.2) is 0 Å². The van der Waals surface area contributed by atoms with Crippen LogP contribution < -0.4 is 16.0 Å². The van der Waals surface area contributed by atoms with Crippen LogP contribution in [0.2, 0.25) is 0 Å². The average molecular weight is 171 g/mol. The van der Waals surface area contributed by atoms with Crippen LogP contribution in [-0.4, -0.2) is 37.5 Å². The highest BCUT2D eigenvalue weighted by Gasteiger charge is 2.18. The van der Waals surface area contributed by atoms with Gasteiger partial charge in [0.25, 0.3) is 0 Å². The van der Waals surface area contributed by atoms with Crippen LogP contribution in [-0.2, 0) is 9.59 Å². The van der Waals surface area contributed by atoms with Crippen molar-refractivity contribution in [2.75, 3.05) is 19.6 Å². The van der Waals surface area contributed by atoms with E-state index in [0.29, 0.717) is 0 Å². The number of carbonyl (C=O) groups is 2. The molecule has 0 radical (unpaired) electrons. The topological polar surface area (TPSA) is 70.2 Å². The van der Waals surface area contributed by atoms with Crippen molar-refractivity contribution in [3.63, 3.8) is 0 Å². The molecule has 0 aromatic rings. The molecule has 1 saturated heterocycles. The van der Waals surface area contributed by atoms with Gasteiger partial charge in [0.15, 0.2) is 0 Å². The van der Waals surface area contributed by atoms with E-state index in [1.165, 1.54) is 6.92 Å². The molecule has 0 unspecified atom stereocenters. The quantitative estimate of drug-likeness (QED) is 0.469. The smallest absolute Gasteiger partial charge is 0.239 e. The summed E-state index contributed by atoms with van der Waals surface area (Å²) in [6.07, 6.45) is 0. The van der Waals surface area contributed by atoms with Crippen molar-refractivity contribution in [3.05, 3.63) is 0 Å². The SMILES string of the molecule is CC(=O)NCC(=O)NC1CNC1. The minimum absolute atomic E-state index is 0.0752. The summed E-state index contributed by atoms with van der Waals surface area (Å²) >= 11 is 0. The van der Waals surface area contributed by atoms with Crippen LogP contribution in [0.1, 0.15) is 6.92 Å². The van der Waals surface area contributed by atoms with Gasteiger partial charge in [-0.15, -0.1) is 0 Å². The van der Waals surface area contributed by atoms with Crippen LogP contribution >= 0.6 is 0 Å². The molecular formula is C7H13N3O2. The third-order valence-corrected chi connectivity index (χ3v) is 1.64. The van der Waals surface area contributed by atoms with Crippen LogP contribution in [0.25, 0.3) is 0 Å². The Balaban J connectivity index is 2.06. The van der Waals surface area contributed by atoms with Crippen LogP contribution in [0.4, 0.5) is 0 Å². The largest absolute Gasteiger partial charge is 0.349 e. The van der Waals surface area contributed by atoms with Crippen LogP contribution in [0.5, 0.6) is 0 Å². The molecule has 1 heterocycles. The van der Waals surface area contributed by atoms with Crippen LogP contribution in [0.15, 0.2) is 0 Å². The lowest BCUT2D eigenvalue weighted by atomic mass is 10.2. The number of hydrogen-bond acceptors (Lipinski definition) is 3. The highest BCUT2D eigenvalue weighted by molar-refractivity contribution is 5.83. The molecule has 1 fully saturated rings. The van der Waals surface area contributed by atoms with E-state index in [-0.39, 0.29) is 24.4 Å². The van der Waals surface area contributed by atoms with E-state index in [0.717, 1.165) is 13.1 Å². The second-order valence-corrected chi connectivity index (χ2v) is 2.83. The van der Waals surface area contributed by atoms with Crippen molar-refractivity contribution < 1.29 is 9.59 Å². The number of rotatable bonds is 3. The molecule has 3 N–H and O–H groups in total. The summed E-state index contributed by atoms with van der Waals surface area (Å²) in [4.78, 5) is 21.4. The second kappa shape index (κ2) is 4.06. The lowest BCUT2D eigenvalue weighted by molar-refractivity contribution is -0.125. The number of amides is 2. The van der Waals surface area contributed by atoms with Crippen LogP contribution in [0, 0.1) is 0 Å². The van der Waals surface area contributed by atoms with Gasteiger partial charge in [0.2, 0.25) is 11.8 Å². The van der Waals surface area contributed by atoms with Gasteiger partial charge in [-0.3, -0.25) is 9.59 Å². The minimum atomic E-state index is -0.183. The monoisotopic (exact) mass is 171 g/mol. The highest BCUT2D eigenvalue weighted by atomic mass is 16.2. The molecule has 1 aliphatic heterocycles. The van der Waals surface area contributed by atoms with Gasteiger partial charge in [0.05, 0.1) is 12.6 Å². The van der Waals surface area contributed by atoms with E-state index in [9.17, 15) is 9.59 Å². The third kappa shape index (κ3) is 2.87. The van der Waals surface area contributed by atoms with E-state index in [2.05, 4.69) is 16.0 Å². The number of hydrogen-bond donors (Lipinski definition) is 3. The fourth-order valence-electron chi connectivity index (χ4n) is 0.874. The molecule has 1 rings (SSSR count). The zero-order valence-corrected chi connectivity index (χ0v) is 7.02. The van der Waals surface area contributed by atoms with Gasteiger partial charge in [-0.1, -0.05) is 0 Å². The van der Waals surface area contributed by atoms with Crippen molar-refractivity contribution in [3.8, 4) is 0 Å². The van der Waals surface area contributed by atoms with Crippen molar-refractivity contribution in [2.45, 2.75) is 13.0 Å². The Morgan fingerprint density at radius 1 is 1.50 bits per heavy atom. The predicted octanol–water partition coefficient (Wildman–Crippen LogP) is -1.79. The standard InChI is InChI=1S/C7H13N3O2/c1-5(11)9-4-7(12)10-6-2-8-3-6/h6,8H,2-4H2,1H3,(H,9,11)(H,10,12). The van der Waals surface area contributed by atoms with E-state index in [1.807, 2.05) is 0 Å². The van der Waals surface area contributed by atoms with Gasteiger partial charge in [-0.2, -0.15) is 0 Å². The molecule has 12 heavy (non-hydrogen) atoms. The first kappa shape index (κ1) is 8.99. The molecule has 0 spiro atoms. The zero-order chi connectivity index (χ0) is 8.97. The fourth-order valence-corrected chi connectivity index (χ4v) is 0.874. The van der Waals surface area contributed by atoms with Crippen molar-refractivity contribution in [1.29, 1.82) is 0 Å². The second-order valence-electron chi connectivity index (χ2n) is 2.83. The van der Waals surface area contributed by atoms with Gasteiger partial charge in [0.1, 0.15) is 0 Å². The molecule has 0 saturated carbocycles. The van der Waals surface area contributed by atoms with E-state index in [1.54, 1.807) is 0 Å². The van der Waals surface area contributed by atoms with Crippen LogP contribution in [0.3, 0.4) is 0 Å². The van der Waals surface area contributed by atoms with E-state index >= 15 is 0 Å². The molecule has 1 aliphatic rings. The summed E-state index contributed by atoms with van der Waals surface area (Å²) < 4.78 is 0. The molecule has 0 aliphatic carbocycles. The first-order valence-corrected chi connectivity index (χ1v) is 3.93. The van der Waals surface area contributed by atoms with Crippen molar-refractivity contribution in [2.24, 2.45) is 0 Å². The molecular weight excluding hydrogens is 158 g/mol. The first-order chi connectivity index (χ1) is 5.68. The summed E-state index contributed by atoms with van der Waals surface area (Å²) in [7, 11) is 0. The summed E-state index contributed by atoms with van der Waals surface area (Å²) in [6, 6.07) is 0.242. The highest BCUT2D eigenvalue weighted by Crippen LogP contribution is 1.88. The molecule has 0 atom stereocenters. The molecule has 0 aromatic heterocycles. The molecule has 68 valence electrons. The lowest BCUT2D eigenvalue weighted by Gasteiger charge is -2.27. The van der Waals surface area contributed by atoms with Gasteiger partial charge in [-0.05, 0) is 0 Å². The summed E-state index contributed by atoms with van der Waals surface area (Å²) in [5, 5.41) is 8.21. The molecule has 2 amide bonds. The molecule has 5 heteroatoms. The fraction of sp³-hybridized carbons (Fsp3) is 0.714. The maximum absolute atomic E-state index is 11.0. The third-order valence-electron chi connectivity index (χ3n) is 1.64. The Labute approximate surface area is 70.9 Å². The van der Waals surface area contributed by atoms with Crippen molar-refractivity contribution >= 4 is 11.8 Å².